The molecule has 0 fully saturated rings. The van der Waals surface area contributed by atoms with Crippen LogP contribution in [0, 0.1) is 6.92 Å². The van der Waals surface area contributed by atoms with Crippen LogP contribution in [0.5, 0.6) is 0 Å². The second kappa shape index (κ2) is 9.66. The monoisotopic (exact) mass is 406 g/mol. The minimum atomic E-state index is -0.357. The van der Waals surface area contributed by atoms with Gasteiger partial charge in [0.15, 0.2) is 0 Å². The minimum absolute atomic E-state index is 0.350. The van der Waals surface area contributed by atoms with Gasteiger partial charge in [-0.25, -0.2) is 9.59 Å². The molecule has 0 aliphatic heterocycles. The van der Waals surface area contributed by atoms with E-state index in [0.29, 0.717) is 22.7 Å². The predicted molar refractivity (Wildman–Crippen MR) is 121 cm³/mol. The molecule has 3 rings (SSSR count). The number of nitrogens with one attached hydrogen (secondary N) is 4. The van der Waals surface area contributed by atoms with Crippen LogP contribution in [0.3, 0.4) is 0 Å². The van der Waals surface area contributed by atoms with E-state index in [0.717, 1.165) is 10.5 Å². The fraction of sp³-hybridized carbons (Fsp3) is 0.0909. The van der Waals surface area contributed by atoms with Crippen molar-refractivity contribution in [2.45, 2.75) is 11.8 Å². The number of benzene rings is 3. The van der Waals surface area contributed by atoms with Crippen LogP contribution in [0.2, 0.25) is 0 Å². The van der Waals surface area contributed by atoms with Crippen LogP contribution in [0.15, 0.2) is 77.7 Å². The maximum atomic E-state index is 12.4. The van der Waals surface area contributed by atoms with Gasteiger partial charge in [0.2, 0.25) is 0 Å². The van der Waals surface area contributed by atoms with Crippen molar-refractivity contribution in [3.8, 4) is 0 Å². The molecular formula is C22H22N4O2S. The number of para-hydroxylation sites is 1. The van der Waals surface area contributed by atoms with Gasteiger partial charge >= 0.3 is 12.1 Å². The van der Waals surface area contributed by atoms with Crippen molar-refractivity contribution in [3.63, 3.8) is 0 Å². The third kappa shape index (κ3) is 6.02. The number of aryl methyl sites for hydroxylation is 1. The molecule has 0 bridgehead atoms. The number of urea groups is 2. The molecule has 4 amide bonds. The van der Waals surface area contributed by atoms with Crippen molar-refractivity contribution in [2.24, 2.45) is 0 Å². The molecule has 6 nitrogen and oxygen atoms in total. The Hall–Kier alpha value is -3.45. The zero-order chi connectivity index (χ0) is 20.6. The highest BCUT2D eigenvalue weighted by Crippen LogP contribution is 2.22. The Morgan fingerprint density at radius 1 is 0.690 bits per heavy atom. The zero-order valence-corrected chi connectivity index (χ0v) is 17.0. The van der Waals surface area contributed by atoms with Gasteiger partial charge in [0, 0.05) is 27.6 Å². The Morgan fingerprint density at radius 2 is 1.31 bits per heavy atom. The summed E-state index contributed by atoms with van der Waals surface area (Å²) in [5, 5.41) is 11.2. The lowest BCUT2D eigenvalue weighted by molar-refractivity contribution is 0.261. The van der Waals surface area contributed by atoms with Crippen LogP contribution in [-0.2, 0) is 0 Å². The molecule has 0 saturated carbocycles. The van der Waals surface area contributed by atoms with Crippen molar-refractivity contribution in [3.05, 3.63) is 78.4 Å². The molecule has 29 heavy (non-hydrogen) atoms. The summed E-state index contributed by atoms with van der Waals surface area (Å²) in [4.78, 5) is 25.6. The summed E-state index contributed by atoms with van der Waals surface area (Å²) in [5.74, 6) is 0. The average molecular weight is 407 g/mol. The van der Waals surface area contributed by atoms with Gasteiger partial charge in [-0.3, -0.25) is 0 Å². The molecule has 0 spiro atoms. The van der Waals surface area contributed by atoms with Crippen molar-refractivity contribution >= 4 is 46.6 Å². The molecule has 0 heterocycles. The lowest BCUT2D eigenvalue weighted by Gasteiger charge is -2.13. The van der Waals surface area contributed by atoms with Crippen LogP contribution < -0.4 is 21.3 Å². The summed E-state index contributed by atoms with van der Waals surface area (Å²) in [6.45, 7) is 1.89. The Morgan fingerprint density at radius 3 is 2.03 bits per heavy atom. The van der Waals surface area contributed by atoms with Gasteiger partial charge in [0.25, 0.3) is 0 Å². The first-order chi connectivity index (χ1) is 14.0. The number of hydrogen-bond donors (Lipinski definition) is 4. The molecule has 7 heteroatoms. The number of carbonyl (C=O) groups excluding carboxylic acids is 2. The first-order valence-electron chi connectivity index (χ1n) is 8.99. The molecule has 148 valence electrons. The van der Waals surface area contributed by atoms with Gasteiger partial charge in [0.1, 0.15) is 0 Å². The van der Waals surface area contributed by atoms with E-state index >= 15 is 0 Å². The first kappa shape index (κ1) is 20.3. The van der Waals surface area contributed by atoms with E-state index in [9.17, 15) is 9.59 Å². The molecule has 3 aromatic carbocycles. The first-order valence-corrected chi connectivity index (χ1v) is 10.2. The molecular weight excluding hydrogens is 384 g/mol. The number of carbonyl (C=O) groups is 2. The van der Waals surface area contributed by atoms with Crippen LogP contribution in [-0.4, -0.2) is 18.3 Å². The number of thioether (sulfide) groups is 1. The lowest BCUT2D eigenvalue weighted by Crippen LogP contribution is -2.21. The summed E-state index contributed by atoms with van der Waals surface area (Å²) in [6, 6.07) is 21.4. The molecule has 0 aliphatic carbocycles. The van der Waals surface area contributed by atoms with E-state index in [4.69, 9.17) is 0 Å². The molecule has 0 aliphatic rings. The highest BCUT2D eigenvalue weighted by atomic mass is 32.2. The predicted octanol–water partition coefficient (Wildman–Crippen LogP) is 6.00. The SMILES string of the molecule is CSc1cccc(NC(=O)Nc2cc(NC(=O)Nc3ccccc3)ccc2C)c1. The van der Waals surface area contributed by atoms with E-state index in [1.54, 1.807) is 36.0 Å². The topological polar surface area (TPSA) is 82.3 Å². The second-order valence-corrected chi connectivity index (χ2v) is 7.17. The maximum absolute atomic E-state index is 12.4. The van der Waals surface area contributed by atoms with Crippen molar-refractivity contribution in [1.82, 2.24) is 0 Å². The molecule has 3 aromatic rings. The van der Waals surface area contributed by atoms with Gasteiger partial charge in [0.05, 0.1) is 0 Å². The van der Waals surface area contributed by atoms with Crippen LogP contribution in [0.25, 0.3) is 0 Å². The van der Waals surface area contributed by atoms with Gasteiger partial charge in [-0.1, -0.05) is 30.3 Å². The normalized spacial score (nSPS) is 10.1. The Labute approximate surface area is 174 Å². The van der Waals surface area contributed by atoms with Crippen molar-refractivity contribution < 1.29 is 9.59 Å². The lowest BCUT2D eigenvalue weighted by atomic mass is 10.2. The highest BCUT2D eigenvalue weighted by Gasteiger charge is 2.08. The molecule has 0 radical (unpaired) electrons. The van der Waals surface area contributed by atoms with Gasteiger partial charge in [-0.15, -0.1) is 11.8 Å². The number of anilines is 4. The largest absolute Gasteiger partial charge is 0.323 e. The van der Waals surface area contributed by atoms with E-state index in [-0.39, 0.29) is 12.1 Å². The van der Waals surface area contributed by atoms with E-state index in [1.165, 1.54) is 0 Å². The molecule has 0 unspecified atom stereocenters. The van der Waals surface area contributed by atoms with Gasteiger partial charge in [-0.05, 0) is 61.2 Å². The number of hydrogen-bond acceptors (Lipinski definition) is 3. The molecule has 4 N–H and O–H groups in total. The Bertz CT molecular complexity index is 1010. The fourth-order valence-corrected chi connectivity index (χ4v) is 3.09. The van der Waals surface area contributed by atoms with E-state index in [1.807, 2.05) is 61.7 Å². The van der Waals surface area contributed by atoms with Crippen LogP contribution >= 0.6 is 11.8 Å². The van der Waals surface area contributed by atoms with Crippen LogP contribution in [0.1, 0.15) is 5.56 Å². The second-order valence-electron chi connectivity index (χ2n) is 6.29. The molecule has 0 atom stereocenters. The fourth-order valence-electron chi connectivity index (χ4n) is 2.63. The summed E-state index contributed by atoms with van der Waals surface area (Å²) in [6.07, 6.45) is 1.98. The molecule has 0 aromatic heterocycles. The number of rotatable bonds is 5. The van der Waals surface area contributed by atoms with Crippen molar-refractivity contribution in [1.29, 1.82) is 0 Å². The Kier molecular flexibility index (Phi) is 6.76. The average Bonchev–Trinajstić information content (AvgIpc) is 2.71. The minimum Gasteiger partial charge on any atom is -0.308 e. The third-order valence-electron chi connectivity index (χ3n) is 4.10. The van der Waals surface area contributed by atoms with E-state index in [2.05, 4.69) is 21.3 Å². The zero-order valence-electron chi connectivity index (χ0n) is 16.2. The smallest absolute Gasteiger partial charge is 0.308 e. The summed E-state index contributed by atoms with van der Waals surface area (Å²) >= 11 is 1.61. The summed E-state index contributed by atoms with van der Waals surface area (Å²) < 4.78 is 0. The number of amides is 4. The third-order valence-corrected chi connectivity index (χ3v) is 4.83. The quantitative estimate of drug-likeness (QED) is 0.392. The van der Waals surface area contributed by atoms with Gasteiger partial charge < -0.3 is 21.3 Å². The van der Waals surface area contributed by atoms with Gasteiger partial charge in [-0.2, -0.15) is 0 Å². The standard InChI is InChI=1S/C22H22N4O2S/c1-15-11-12-18(25-21(27)23-16-7-4-3-5-8-16)14-20(15)26-22(28)24-17-9-6-10-19(13-17)29-2/h3-14H,1-2H3,(H2,23,25,27)(H2,24,26,28). The Balaban J connectivity index is 1.63. The maximum Gasteiger partial charge on any atom is 0.323 e. The van der Waals surface area contributed by atoms with Crippen LogP contribution in [0.4, 0.5) is 32.3 Å². The summed E-state index contributed by atoms with van der Waals surface area (Å²) in [5.41, 5.74) is 3.47. The van der Waals surface area contributed by atoms with Crippen molar-refractivity contribution in [2.75, 3.05) is 27.5 Å². The molecule has 0 saturated heterocycles. The summed E-state index contributed by atoms with van der Waals surface area (Å²) in [7, 11) is 0. The highest BCUT2D eigenvalue weighted by molar-refractivity contribution is 7.98. The van der Waals surface area contributed by atoms with E-state index < -0.39 is 0 Å².